The molecular formula is C17H19F2NO. The summed E-state index contributed by atoms with van der Waals surface area (Å²) in [5.74, 6) is -1.46. The first-order valence-electron chi connectivity index (χ1n) is 6.91. The zero-order chi connectivity index (χ0) is 15.4. The van der Waals surface area contributed by atoms with Gasteiger partial charge in [0.2, 0.25) is 0 Å². The van der Waals surface area contributed by atoms with Crippen LogP contribution < -0.4 is 5.32 Å². The van der Waals surface area contributed by atoms with Gasteiger partial charge in [-0.3, -0.25) is 0 Å². The van der Waals surface area contributed by atoms with Crippen LogP contribution in [-0.4, -0.2) is 11.7 Å². The molecule has 0 saturated heterocycles. The van der Waals surface area contributed by atoms with Gasteiger partial charge in [0.05, 0.1) is 11.7 Å². The minimum Gasteiger partial charge on any atom is -0.387 e. The van der Waals surface area contributed by atoms with E-state index in [1.165, 1.54) is 6.07 Å². The number of hydrogen-bond donors (Lipinski definition) is 2. The molecule has 21 heavy (non-hydrogen) atoms. The quantitative estimate of drug-likeness (QED) is 0.881. The molecular weight excluding hydrogens is 272 g/mol. The third kappa shape index (κ3) is 3.65. The average molecular weight is 291 g/mol. The van der Waals surface area contributed by atoms with Gasteiger partial charge in [-0.25, -0.2) is 8.78 Å². The molecule has 0 bridgehead atoms. The van der Waals surface area contributed by atoms with Crippen LogP contribution in [0.25, 0.3) is 0 Å². The molecule has 2 N–H and O–H groups in total. The van der Waals surface area contributed by atoms with E-state index in [1.54, 1.807) is 0 Å². The summed E-state index contributed by atoms with van der Waals surface area (Å²) in [6.45, 7) is 4.03. The fourth-order valence-corrected chi connectivity index (χ4v) is 2.40. The number of nitrogens with one attached hydrogen (secondary N) is 1. The lowest BCUT2D eigenvalue weighted by Gasteiger charge is -2.19. The molecule has 2 nitrogen and oxygen atoms in total. The van der Waals surface area contributed by atoms with Gasteiger partial charge in [0.15, 0.2) is 0 Å². The molecule has 0 radical (unpaired) electrons. The molecule has 0 aliphatic rings. The normalized spacial score (nSPS) is 14.0. The van der Waals surface area contributed by atoms with Crippen LogP contribution in [0.5, 0.6) is 0 Å². The zero-order valence-corrected chi connectivity index (χ0v) is 12.1. The highest BCUT2D eigenvalue weighted by Gasteiger charge is 2.18. The van der Waals surface area contributed by atoms with Crippen LogP contribution in [0.3, 0.4) is 0 Å². The number of hydrogen-bond acceptors (Lipinski definition) is 2. The molecule has 2 aromatic carbocycles. The van der Waals surface area contributed by atoms with E-state index in [2.05, 4.69) is 5.32 Å². The van der Waals surface area contributed by atoms with Crippen molar-refractivity contribution in [2.45, 2.75) is 26.0 Å². The molecule has 0 aromatic heterocycles. The van der Waals surface area contributed by atoms with E-state index in [1.807, 2.05) is 38.1 Å². The molecule has 0 aliphatic heterocycles. The van der Waals surface area contributed by atoms with Crippen molar-refractivity contribution in [2.75, 3.05) is 6.54 Å². The van der Waals surface area contributed by atoms with Crippen molar-refractivity contribution >= 4 is 0 Å². The van der Waals surface area contributed by atoms with Crippen molar-refractivity contribution in [1.82, 2.24) is 5.32 Å². The van der Waals surface area contributed by atoms with Gasteiger partial charge in [-0.05, 0) is 37.1 Å². The van der Waals surface area contributed by atoms with Crippen LogP contribution >= 0.6 is 0 Å². The Labute approximate surface area is 123 Å². The molecule has 2 aromatic rings. The summed E-state index contributed by atoms with van der Waals surface area (Å²) in [6.07, 6.45) is -1.22. The van der Waals surface area contributed by atoms with E-state index in [9.17, 15) is 13.9 Å². The van der Waals surface area contributed by atoms with Gasteiger partial charge in [0.25, 0.3) is 0 Å². The van der Waals surface area contributed by atoms with Gasteiger partial charge < -0.3 is 10.4 Å². The Hall–Kier alpha value is -1.78. The van der Waals surface area contributed by atoms with E-state index in [4.69, 9.17) is 0 Å². The van der Waals surface area contributed by atoms with Gasteiger partial charge in [0, 0.05) is 12.6 Å². The van der Waals surface area contributed by atoms with Crippen molar-refractivity contribution in [2.24, 2.45) is 0 Å². The average Bonchev–Trinajstić information content (AvgIpc) is 2.45. The highest BCUT2D eigenvalue weighted by Crippen LogP contribution is 2.22. The van der Waals surface area contributed by atoms with Gasteiger partial charge in [-0.2, -0.15) is 0 Å². The van der Waals surface area contributed by atoms with Crippen LogP contribution in [0.15, 0.2) is 42.5 Å². The summed E-state index contributed by atoms with van der Waals surface area (Å²) in [5, 5.41) is 13.1. The van der Waals surface area contributed by atoms with Crippen molar-refractivity contribution in [3.05, 3.63) is 70.8 Å². The number of aryl methyl sites for hydroxylation is 1. The maximum absolute atomic E-state index is 13.6. The minimum atomic E-state index is -1.22. The number of aliphatic hydroxyl groups is 1. The molecule has 0 amide bonds. The van der Waals surface area contributed by atoms with E-state index >= 15 is 0 Å². The van der Waals surface area contributed by atoms with Crippen LogP contribution in [0, 0.1) is 18.6 Å². The van der Waals surface area contributed by atoms with Crippen molar-refractivity contribution in [3.8, 4) is 0 Å². The Morgan fingerprint density at radius 2 is 1.67 bits per heavy atom. The summed E-state index contributed by atoms with van der Waals surface area (Å²) in [4.78, 5) is 0. The highest BCUT2D eigenvalue weighted by atomic mass is 19.1. The Bertz CT molecular complexity index is 595. The molecule has 112 valence electrons. The van der Waals surface area contributed by atoms with Crippen LogP contribution in [0.1, 0.15) is 35.8 Å². The first-order valence-corrected chi connectivity index (χ1v) is 6.91. The summed E-state index contributed by atoms with van der Waals surface area (Å²) >= 11 is 0. The molecule has 2 rings (SSSR count). The molecule has 0 spiro atoms. The standard InChI is InChI=1S/C17H19F2NO/c1-11-6-3-4-7-13(11)12(2)20-10-16(21)17-14(18)8-5-9-15(17)19/h3-9,12,16,20-21H,10H2,1-2H3. The smallest absolute Gasteiger partial charge is 0.131 e. The molecule has 2 unspecified atom stereocenters. The van der Waals surface area contributed by atoms with Crippen LogP contribution in [0.2, 0.25) is 0 Å². The summed E-state index contributed by atoms with van der Waals surface area (Å²) in [5.41, 5.74) is 1.93. The maximum atomic E-state index is 13.6. The van der Waals surface area contributed by atoms with Gasteiger partial charge in [-0.1, -0.05) is 30.3 Å². The summed E-state index contributed by atoms with van der Waals surface area (Å²) < 4.78 is 27.2. The molecule has 0 heterocycles. The van der Waals surface area contributed by atoms with E-state index in [0.29, 0.717) is 0 Å². The molecule has 2 atom stereocenters. The minimum absolute atomic E-state index is 0.0179. The highest BCUT2D eigenvalue weighted by molar-refractivity contribution is 5.28. The largest absolute Gasteiger partial charge is 0.387 e. The molecule has 0 fully saturated rings. The Balaban J connectivity index is 2.04. The predicted molar refractivity (Wildman–Crippen MR) is 78.9 cm³/mol. The van der Waals surface area contributed by atoms with Gasteiger partial charge in [0.1, 0.15) is 11.6 Å². The van der Waals surface area contributed by atoms with Gasteiger partial charge in [-0.15, -0.1) is 0 Å². The first kappa shape index (κ1) is 15.6. The van der Waals surface area contributed by atoms with E-state index in [-0.39, 0.29) is 18.2 Å². The number of rotatable bonds is 5. The third-order valence-corrected chi connectivity index (χ3v) is 3.61. The molecule has 4 heteroatoms. The van der Waals surface area contributed by atoms with E-state index in [0.717, 1.165) is 23.3 Å². The Morgan fingerprint density at radius 1 is 1.05 bits per heavy atom. The SMILES string of the molecule is Cc1ccccc1C(C)NCC(O)c1c(F)cccc1F. The third-order valence-electron chi connectivity index (χ3n) is 3.61. The summed E-state index contributed by atoms with van der Waals surface area (Å²) in [6, 6.07) is 11.4. The number of halogens is 2. The van der Waals surface area contributed by atoms with Crippen molar-refractivity contribution in [1.29, 1.82) is 0 Å². The first-order chi connectivity index (χ1) is 10.0. The lowest BCUT2D eigenvalue weighted by Crippen LogP contribution is -2.26. The monoisotopic (exact) mass is 291 g/mol. The fraction of sp³-hybridized carbons (Fsp3) is 0.294. The number of benzene rings is 2. The number of aliphatic hydroxyl groups excluding tert-OH is 1. The second-order valence-corrected chi connectivity index (χ2v) is 5.14. The summed E-state index contributed by atoms with van der Waals surface area (Å²) in [7, 11) is 0. The topological polar surface area (TPSA) is 32.3 Å². The Morgan fingerprint density at radius 3 is 2.29 bits per heavy atom. The lowest BCUT2D eigenvalue weighted by molar-refractivity contribution is 0.161. The Kier molecular flexibility index (Phi) is 5.04. The maximum Gasteiger partial charge on any atom is 0.131 e. The molecule has 0 aliphatic carbocycles. The second kappa shape index (κ2) is 6.78. The van der Waals surface area contributed by atoms with Crippen LogP contribution in [0.4, 0.5) is 8.78 Å². The zero-order valence-electron chi connectivity index (χ0n) is 12.1. The van der Waals surface area contributed by atoms with Crippen LogP contribution in [-0.2, 0) is 0 Å². The fourth-order valence-electron chi connectivity index (χ4n) is 2.40. The van der Waals surface area contributed by atoms with Gasteiger partial charge >= 0.3 is 0 Å². The predicted octanol–water partition coefficient (Wildman–Crippen LogP) is 3.66. The second-order valence-electron chi connectivity index (χ2n) is 5.14. The van der Waals surface area contributed by atoms with E-state index < -0.39 is 17.7 Å². The lowest BCUT2D eigenvalue weighted by atomic mass is 10.0. The van der Waals surface area contributed by atoms with Crippen molar-refractivity contribution < 1.29 is 13.9 Å². The van der Waals surface area contributed by atoms with Crippen molar-refractivity contribution in [3.63, 3.8) is 0 Å². The molecule has 0 saturated carbocycles.